The van der Waals surface area contributed by atoms with Gasteiger partial charge in [-0.2, -0.15) is 0 Å². The van der Waals surface area contributed by atoms with Crippen LogP contribution in [0.15, 0.2) is 40.8 Å². The molecule has 2 rings (SSSR count). The molecule has 0 radical (unpaired) electrons. The predicted molar refractivity (Wildman–Crippen MR) is 57.1 cm³/mol. The molecule has 0 aliphatic heterocycles. The van der Waals surface area contributed by atoms with E-state index in [1.165, 1.54) is 0 Å². The molecule has 0 bridgehead atoms. The molecule has 2 aromatic rings. The molecular formula is C11H10N2O2. The molecule has 0 saturated heterocycles. The highest BCUT2D eigenvalue weighted by Gasteiger charge is 2.08. The van der Waals surface area contributed by atoms with Gasteiger partial charge in [0.15, 0.2) is 5.76 Å². The number of amides is 1. The van der Waals surface area contributed by atoms with Gasteiger partial charge >= 0.3 is 0 Å². The molecule has 1 aromatic heterocycles. The Bertz CT molecular complexity index is 503. The van der Waals surface area contributed by atoms with Crippen molar-refractivity contribution in [3.63, 3.8) is 0 Å². The normalized spacial score (nSPS) is 10.1. The summed E-state index contributed by atoms with van der Waals surface area (Å²) in [5, 5.41) is 0. The molecule has 1 heterocycles. The van der Waals surface area contributed by atoms with Gasteiger partial charge in [0.2, 0.25) is 0 Å². The Morgan fingerprint density at radius 3 is 2.60 bits per heavy atom. The molecular weight excluding hydrogens is 192 g/mol. The van der Waals surface area contributed by atoms with Crippen molar-refractivity contribution in [2.24, 2.45) is 5.73 Å². The van der Waals surface area contributed by atoms with Gasteiger partial charge in [-0.05, 0) is 24.3 Å². The lowest BCUT2D eigenvalue weighted by Gasteiger charge is -1.97. The number of benzene rings is 1. The van der Waals surface area contributed by atoms with Gasteiger partial charge in [0.25, 0.3) is 5.91 Å². The Balaban J connectivity index is 2.41. The minimum Gasteiger partial charge on any atom is -0.451 e. The first-order valence-electron chi connectivity index (χ1n) is 4.42. The minimum atomic E-state index is -0.579. The Labute approximate surface area is 86.5 Å². The van der Waals surface area contributed by atoms with Crippen molar-refractivity contribution in [1.82, 2.24) is 0 Å². The number of carbonyl (C=O) groups excluding carboxylic acids is 1. The summed E-state index contributed by atoms with van der Waals surface area (Å²) in [6.45, 7) is 0. The lowest BCUT2D eigenvalue weighted by atomic mass is 10.1. The number of hydrogen-bond acceptors (Lipinski definition) is 3. The second kappa shape index (κ2) is 3.49. The predicted octanol–water partition coefficient (Wildman–Crippen LogP) is 1.63. The first kappa shape index (κ1) is 9.33. The lowest BCUT2D eigenvalue weighted by molar-refractivity contribution is 0.0975. The van der Waals surface area contributed by atoms with Crippen LogP contribution in [0.25, 0.3) is 11.3 Å². The van der Waals surface area contributed by atoms with E-state index in [4.69, 9.17) is 15.9 Å². The zero-order valence-corrected chi connectivity index (χ0v) is 7.94. The average molecular weight is 202 g/mol. The lowest BCUT2D eigenvalue weighted by Crippen LogP contribution is -2.09. The fourth-order valence-electron chi connectivity index (χ4n) is 1.32. The van der Waals surface area contributed by atoms with Gasteiger partial charge in [-0.1, -0.05) is 12.1 Å². The summed E-state index contributed by atoms with van der Waals surface area (Å²) in [6.07, 6.45) is 0. The third-order valence-corrected chi connectivity index (χ3v) is 2.02. The molecule has 0 aliphatic carbocycles. The maximum Gasteiger partial charge on any atom is 0.284 e. The first-order valence-corrected chi connectivity index (χ1v) is 4.42. The van der Waals surface area contributed by atoms with Crippen LogP contribution in [-0.4, -0.2) is 5.91 Å². The van der Waals surface area contributed by atoms with Crippen molar-refractivity contribution in [3.05, 3.63) is 42.2 Å². The molecule has 4 nitrogen and oxygen atoms in total. The van der Waals surface area contributed by atoms with Gasteiger partial charge in [-0.3, -0.25) is 4.79 Å². The third kappa shape index (κ3) is 1.83. The quantitative estimate of drug-likeness (QED) is 0.726. The largest absolute Gasteiger partial charge is 0.451 e. The van der Waals surface area contributed by atoms with Gasteiger partial charge in [-0.15, -0.1) is 0 Å². The fraction of sp³-hybridized carbons (Fsp3) is 0. The van der Waals surface area contributed by atoms with E-state index in [0.717, 1.165) is 5.56 Å². The summed E-state index contributed by atoms with van der Waals surface area (Å²) in [7, 11) is 0. The Morgan fingerprint density at radius 1 is 1.20 bits per heavy atom. The molecule has 0 fully saturated rings. The average Bonchev–Trinajstić information content (AvgIpc) is 2.66. The van der Waals surface area contributed by atoms with Gasteiger partial charge in [0.05, 0.1) is 0 Å². The van der Waals surface area contributed by atoms with Crippen molar-refractivity contribution >= 4 is 11.6 Å². The van der Waals surface area contributed by atoms with E-state index in [-0.39, 0.29) is 5.76 Å². The van der Waals surface area contributed by atoms with Crippen molar-refractivity contribution in [2.75, 3.05) is 5.73 Å². The molecule has 0 atom stereocenters. The van der Waals surface area contributed by atoms with Crippen LogP contribution in [0.2, 0.25) is 0 Å². The SMILES string of the molecule is NC(=O)c1ccc(-c2cccc(N)c2)o1. The van der Waals surface area contributed by atoms with Gasteiger partial charge in [-0.25, -0.2) is 0 Å². The van der Waals surface area contributed by atoms with Crippen molar-refractivity contribution < 1.29 is 9.21 Å². The monoisotopic (exact) mass is 202 g/mol. The number of rotatable bonds is 2. The molecule has 1 aromatic carbocycles. The maximum absolute atomic E-state index is 10.8. The fourth-order valence-corrected chi connectivity index (χ4v) is 1.32. The molecule has 4 N–H and O–H groups in total. The zero-order chi connectivity index (χ0) is 10.8. The van der Waals surface area contributed by atoms with Crippen LogP contribution in [0, 0.1) is 0 Å². The highest BCUT2D eigenvalue weighted by molar-refractivity contribution is 5.90. The van der Waals surface area contributed by atoms with Crippen LogP contribution in [0.4, 0.5) is 5.69 Å². The topological polar surface area (TPSA) is 82.2 Å². The summed E-state index contributed by atoms with van der Waals surface area (Å²) in [5.74, 6) is 0.147. The molecule has 4 heteroatoms. The van der Waals surface area contributed by atoms with E-state index < -0.39 is 5.91 Å². The number of primary amides is 1. The summed E-state index contributed by atoms with van der Waals surface area (Å²) in [6, 6.07) is 10.4. The second-order valence-electron chi connectivity index (χ2n) is 3.15. The number of hydrogen-bond donors (Lipinski definition) is 2. The Morgan fingerprint density at radius 2 is 2.00 bits per heavy atom. The Kier molecular flexibility index (Phi) is 2.17. The standard InChI is InChI=1S/C11H10N2O2/c12-8-3-1-2-7(6-8)9-4-5-10(15-9)11(13)14/h1-6H,12H2,(H2,13,14). The summed E-state index contributed by atoms with van der Waals surface area (Å²) in [5.41, 5.74) is 12.2. The van der Waals surface area contributed by atoms with Gasteiger partial charge in [0, 0.05) is 11.3 Å². The Hall–Kier alpha value is -2.23. The van der Waals surface area contributed by atoms with E-state index in [1.54, 1.807) is 24.3 Å². The molecule has 1 amide bonds. The number of anilines is 1. The number of carbonyl (C=O) groups is 1. The molecule has 76 valence electrons. The van der Waals surface area contributed by atoms with E-state index >= 15 is 0 Å². The molecule has 0 unspecified atom stereocenters. The van der Waals surface area contributed by atoms with Crippen LogP contribution in [0.1, 0.15) is 10.6 Å². The van der Waals surface area contributed by atoms with Crippen LogP contribution >= 0.6 is 0 Å². The summed E-state index contributed by atoms with van der Waals surface area (Å²) >= 11 is 0. The maximum atomic E-state index is 10.8. The van der Waals surface area contributed by atoms with E-state index in [2.05, 4.69) is 0 Å². The van der Waals surface area contributed by atoms with E-state index in [0.29, 0.717) is 11.4 Å². The van der Waals surface area contributed by atoms with Crippen LogP contribution < -0.4 is 11.5 Å². The minimum absolute atomic E-state index is 0.146. The van der Waals surface area contributed by atoms with Gasteiger partial charge < -0.3 is 15.9 Å². The second-order valence-corrected chi connectivity index (χ2v) is 3.15. The zero-order valence-electron chi connectivity index (χ0n) is 7.94. The smallest absolute Gasteiger partial charge is 0.284 e. The van der Waals surface area contributed by atoms with E-state index in [9.17, 15) is 4.79 Å². The summed E-state index contributed by atoms with van der Waals surface area (Å²) in [4.78, 5) is 10.8. The van der Waals surface area contributed by atoms with Gasteiger partial charge in [0.1, 0.15) is 5.76 Å². The molecule has 0 aliphatic rings. The van der Waals surface area contributed by atoms with Crippen LogP contribution in [-0.2, 0) is 0 Å². The molecule has 0 spiro atoms. The van der Waals surface area contributed by atoms with Crippen molar-refractivity contribution in [3.8, 4) is 11.3 Å². The molecule has 0 saturated carbocycles. The van der Waals surface area contributed by atoms with Crippen molar-refractivity contribution in [2.45, 2.75) is 0 Å². The number of nitrogen functional groups attached to an aromatic ring is 1. The third-order valence-electron chi connectivity index (χ3n) is 2.02. The van der Waals surface area contributed by atoms with E-state index in [1.807, 2.05) is 12.1 Å². The number of furan rings is 1. The number of nitrogens with two attached hydrogens (primary N) is 2. The van der Waals surface area contributed by atoms with Crippen LogP contribution in [0.5, 0.6) is 0 Å². The summed E-state index contributed by atoms with van der Waals surface area (Å²) < 4.78 is 5.26. The highest BCUT2D eigenvalue weighted by atomic mass is 16.3. The molecule has 15 heavy (non-hydrogen) atoms. The van der Waals surface area contributed by atoms with Crippen LogP contribution in [0.3, 0.4) is 0 Å². The van der Waals surface area contributed by atoms with Crippen molar-refractivity contribution in [1.29, 1.82) is 0 Å². The highest BCUT2D eigenvalue weighted by Crippen LogP contribution is 2.23. The first-order chi connectivity index (χ1) is 7.16.